The van der Waals surface area contributed by atoms with Gasteiger partial charge in [0.25, 0.3) is 0 Å². The van der Waals surface area contributed by atoms with Gasteiger partial charge in [0.05, 0.1) is 81.4 Å². The fourth-order valence-electron chi connectivity index (χ4n) is 4.59. The number of hydrogen-bond acceptors (Lipinski definition) is 12. The summed E-state index contributed by atoms with van der Waals surface area (Å²) in [5.74, 6) is 0. The van der Waals surface area contributed by atoms with Gasteiger partial charge in [-0.2, -0.15) is 0 Å². The van der Waals surface area contributed by atoms with Gasteiger partial charge >= 0.3 is 0 Å². The Balaban J connectivity index is 2.41. The molecule has 0 aliphatic carbocycles. The molecule has 6 unspecified atom stereocenters. The number of hydrogen-bond donors (Lipinski definition) is 4. The van der Waals surface area contributed by atoms with Crippen LogP contribution in [0.25, 0.3) is 0 Å². The molecule has 46 heavy (non-hydrogen) atoms. The maximum atomic E-state index is 10.2. The molecule has 0 amide bonds. The number of thiazole rings is 1. The van der Waals surface area contributed by atoms with Gasteiger partial charge < -0.3 is 49.5 Å². The highest BCUT2D eigenvalue weighted by atomic mass is 32.1. The molecule has 1 heterocycles. The SMILES string of the molecule is CCC(C)(CCOC(C)(N)C(C)(CC)COC(C)(CC)CCOCC(O)CCO)OCCOCC(O)COCCc1scnc1C. The summed E-state index contributed by atoms with van der Waals surface area (Å²) in [6.07, 6.45) is 3.46. The first-order valence-electron chi connectivity index (χ1n) is 17.0. The van der Waals surface area contributed by atoms with Gasteiger partial charge in [0.1, 0.15) is 11.8 Å². The van der Waals surface area contributed by atoms with Crippen molar-refractivity contribution in [1.82, 2.24) is 4.98 Å². The first-order valence-corrected chi connectivity index (χ1v) is 17.9. The van der Waals surface area contributed by atoms with Crippen molar-refractivity contribution in [1.29, 1.82) is 0 Å². The van der Waals surface area contributed by atoms with Crippen molar-refractivity contribution in [3.63, 3.8) is 0 Å². The summed E-state index contributed by atoms with van der Waals surface area (Å²) in [6.45, 7) is 19.6. The molecule has 5 N–H and O–H groups in total. The first kappa shape index (κ1) is 43.3. The summed E-state index contributed by atoms with van der Waals surface area (Å²) >= 11 is 1.62. The molecule has 272 valence electrons. The van der Waals surface area contributed by atoms with Gasteiger partial charge in [-0.3, -0.25) is 0 Å². The van der Waals surface area contributed by atoms with Gasteiger partial charge in [0, 0.05) is 29.9 Å². The average molecular weight is 679 g/mol. The van der Waals surface area contributed by atoms with Crippen LogP contribution in [-0.2, 0) is 34.8 Å². The van der Waals surface area contributed by atoms with Crippen molar-refractivity contribution in [2.45, 2.75) is 129 Å². The highest BCUT2D eigenvalue weighted by Crippen LogP contribution is 2.37. The fraction of sp³-hybridized carbons (Fsp3) is 0.912. The van der Waals surface area contributed by atoms with E-state index in [0.29, 0.717) is 58.9 Å². The third-order valence-electron chi connectivity index (χ3n) is 9.41. The number of ether oxygens (including phenoxy) is 6. The summed E-state index contributed by atoms with van der Waals surface area (Å²) in [7, 11) is 0. The summed E-state index contributed by atoms with van der Waals surface area (Å²) in [6, 6.07) is 0. The average Bonchev–Trinajstić information content (AvgIpc) is 3.44. The Labute approximate surface area is 282 Å². The number of nitrogens with zero attached hydrogens (tertiary/aromatic N) is 1. The number of aryl methyl sites for hydroxylation is 1. The van der Waals surface area contributed by atoms with Gasteiger partial charge in [-0.15, -0.1) is 11.3 Å². The minimum absolute atomic E-state index is 0.0616. The Morgan fingerprint density at radius 2 is 1.37 bits per heavy atom. The third-order valence-corrected chi connectivity index (χ3v) is 10.4. The van der Waals surface area contributed by atoms with Crippen LogP contribution in [0.3, 0.4) is 0 Å². The summed E-state index contributed by atoms with van der Waals surface area (Å²) in [5, 5.41) is 28.9. The van der Waals surface area contributed by atoms with Crippen molar-refractivity contribution in [2.24, 2.45) is 11.1 Å². The number of aliphatic hydroxyl groups is 3. The molecule has 0 saturated carbocycles. The molecule has 6 atom stereocenters. The van der Waals surface area contributed by atoms with Crippen LogP contribution >= 0.6 is 11.3 Å². The lowest BCUT2D eigenvalue weighted by atomic mass is 9.78. The first-order chi connectivity index (χ1) is 21.7. The lowest BCUT2D eigenvalue weighted by Gasteiger charge is -2.45. The zero-order valence-electron chi connectivity index (χ0n) is 30.0. The van der Waals surface area contributed by atoms with E-state index in [2.05, 4.69) is 46.5 Å². The van der Waals surface area contributed by atoms with E-state index < -0.39 is 34.6 Å². The van der Waals surface area contributed by atoms with E-state index in [1.807, 2.05) is 19.4 Å². The summed E-state index contributed by atoms with van der Waals surface area (Å²) in [5.41, 5.74) is 7.49. The van der Waals surface area contributed by atoms with Crippen molar-refractivity contribution < 1.29 is 43.7 Å². The Morgan fingerprint density at radius 3 is 1.96 bits per heavy atom. The number of aromatic nitrogens is 1. The normalized spacial score (nSPS) is 18.8. The van der Waals surface area contributed by atoms with E-state index >= 15 is 0 Å². The topological polar surface area (TPSA) is 155 Å². The zero-order valence-corrected chi connectivity index (χ0v) is 30.8. The van der Waals surface area contributed by atoms with Crippen LogP contribution in [-0.4, -0.2) is 116 Å². The maximum absolute atomic E-state index is 10.2. The molecule has 0 aliphatic rings. The Bertz CT molecular complexity index is 923. The van der Waals surface area contributed by atoms with Gasteiger partial charge in [-0.1, -0.05) is 27.7 Å². The van der Waals surface area contributed by atoms with E-state index in [1.54, 1.807) is 11.3 Å². The van der Waals surface area contributed by atoms with Gasteiger partial charge in [-0.25, -0.2) is 4.98 Å². The molecule has 1 aromatic heterocycles. The molecule has 0 fully saturated rings. The van der Waals surface area contributed by atoms with Crippen LogP contribution in [0.4, 0.5) is 0 Å². The second-order valence-corrected chi connectivity index (χ2v) is 14.2. The van der Waals surface area contributed by atoms with E-state index in [1.165, 1.54) is 4.88 Å². The van der Waals surface area contributed by atoms with Crippen LogP contribution in [0.2, 0.25) is 0 Å². The van der Waals surface area contributed by atoms with Crippen LogP contribution in [0.5, 0.6) is 0 Å². The maximum Gasteiger partial charge on any atom is 0.121 e. The second kappa shape index (κ2) is 22.0. The van der Waals surface area contributed by atoms with Crippen LogP contribution in [0.1, 0.15) is 97.6 Å². The smallest absolute Gasteiger partial charge is 0.121 e. The standard InChI is InChI=1S/C34H66N2O9S/c1-9-31(5,25-45-33(7,11-3)14-18-41-22-28(38)12-16-37)34(8,35)44-19-15-32(6,10-2)43-21-20-42-24-29(39)23-40-17-13-30-27(4)36-26-46-30/h26,28-29,37-39H,9-25,35H2,1-8H3. The van der Waals surface area contributed by atoms with Gasteiger partial charge in [-0.05, 0) is 66.2 Å². The second-order valence-electron chi connectivity index (χ2n) is 13.3. The van der Waals surface area contributed by atoms with Crippen molar-refractivity contribution in [2.75, 3.05) is 66.1 Å². The van der Waals surface area contributed by atoms with E-state index in [4.69, 9.17) is 39.3 Å². The quantitative estimate of drug-likeness (QED) is 0.0704. The molecular weight excluding hydrogens is 612 g/mol. The molecule has 0 radical (unpaired) electrons. The molecule has 0 aliphatic heterocycles. The van der Waals surface area contributed by atoms with Gasteiger partial charge in [0.15, 0.2) is 0 Å². The minimum Gasteiger partial charge on any atom is -0.396 e. The largest absolute Gasteiger partial charge is 0.396 e. The predicted molar refractivity (Wildman–Crippen MR) is 182 cm³/mol. The van der Waals surface area contributed by atoms with E-state index in [9.17, 15) is 10.2 Å². The highest BCUT2D eigenvalue weighted by Gasteiger charge is 2.43. The summed E-state index contributed by atoms with van der Waals surface area (Å²) < 4.78 is 35.8. The van der Waals surface area contributed by atoms with E-state index in [-0.39, 0.29) is 26.4 Å². The molecule has 0 saturated heterocycles. The fourth-order valence-corrected chi connectivity index (χ4v) is 5.35. The summed E-state index contributed by atoms with van der Waals surface area (Å²) in [4.78, 5) is 5.44. The van der Waals surface area contributed by atoms with E-state index in [0.717, 1.165) is 31.4 Å². The van der Waals surface area contributed by atoms with Gasteiger partial charge in [0.2, 0.25) is 0 Å². The van der Waals surface area contributed by atoms with Crippen LogP contribution in [0, 0.1) is 12.3 Å². The van der Waals surface area contributed by atoms with Crippen molar-refractivity contribution in [3.05, 3.63) is 16.1 Å². The Kier molecular flexibility index (Phi) is 20.7. The van der Waals surface area contributed by atoms with Crippen LogP contribution in [0.15, 0.2) is 5.51 Å². The predicted octanol–water partition coefficient (Wildman–Crippen LogP) is 4.41. The number of nitrogens with two attached hydrogens (primary N) is 1. The molecule has 11 nitrogen and oxygen atoms in total. The lowest BCUT2D eigenvalue weighted by Crippen LogP contribution is -2.57. The monoisotopic (exact) mass is 678 g/mol. The molecule has 1 aromatic rings. The molecule has 0 bridgehead atoms. The van der Waals surface area contributed by atoms with Crippen molar-refractivity contribution in [3.8, 4) is 0 Å². The number of rotatable bonds is 29. The zero-order chi connectivity index (χ0) is 34.7. The third kappa shape index (κ3) is 16.1. The Morgan fingerprint density at radius 1 is 0.783 bits per heavy atom. The molecular formula is C34H66N2O9S. The lowest BCUT2D eigenvalue weighted by molar-refractivity contribution is -0.177. The molecule has 0 aromatic carbocycles. The Hall–Kier alpha value is -0.770. The number of aliphatic hydroxyl groups excluding tert-OH is 3. The molecule has 1 rings (SSSR count). The van der Waals surface area contributed by atoms with Crippen LogP contribution < -0.4 is 5.73 Å². The molecule has 12 heteroatoms. The molecule has 0 spiro atoms. The van der Waals surface area contributed by atoms with Crippen molar-refractivity contribution >= 4 is 11.3 Å². The highest BCUT2D eigenvalue weighted by molar-refractivity contribution is 7.09. The minimum atomic E-state index is -0.934.